The molecule has 0 aliphatic heterocycles. The number of esters is 1. The number of hydrogen-bond donors (Lipinski definition) is 1. The molecule has 0 rings (SSSR count). The average Bonchev–Trinajstić information content (AvgIpc) is 2.05. The van der Waals surface area contributed by atoms with Crippen LogP contribution in [0.25, 0.3) is 0 Å². The smallest absolute Gasteiger partial charge is 0.364 e. The standard InChI is InChI=1S/C5H5ClFNO4/c1-12-5(10)2(8-11)3(9)4(6)7/h4,11H,1H3/b8-2-. The van der Waals surface area contributed by atoms with Gasteiger partial charge in [-0.05, 0) is 0 Å². The zero-order chi connectivity index (χ0) is 9.72. The minimum atomic E-state index is -2.42. The lowest BCUT2D eigenvalue weighted by molar-refractivity contribution is -0.133. The van der Waals surface area contributed by atoms with Crippen molar-refractivity contribution in [2.45, 2.75) is 5.63 Å². The first kappa shape index (κ1) is 10.8. The van der Waals surface area contributed by atoms with Gasteiger partial charge in [0.05, 0.1) is 7.11 Å². The summed E-state index contributed by atoms with van der Waals surface area (Å²) >= 11 is 4.69. The Kier molecular flexibility index (Phi) is 4.20. The van der Waals surface area contributed by atoms with Gasteiger partial charge in [0.1, 0.15) is 0 Å². The summed E-state index contributed by atoms with van der Waals surface area (Å²) in [6.45, 7) is 0. The van der Waals surface area contributed by atoms with E-state index in [2.05, 4.69) is 21.5 Å². The van der Waals surface area contributed by atoms with Crippen LogP contribution in [0.1, 0.15) is 0 Å². The quantitative estimate of drug-likeness (QED) is 0.174. The van der Waals surface area contributed by atoms with Crippen molar-refractivity contribution in [3.05, 3.63) is 0 Å². The maximum Gasteiger partial charge on any atom is 0.364 e. The van der Waals surface area contributed by atoms with E-state index in [1.54, 1.807) is 0 Å². The van der Waals surface area contributed by atoms with Gasteiger partial charge < -0.3 is 9.94 Å². The van der Waals surface area contributed by atoms with Gasteiger partial charge in [0.15, 0.2) is 0 Å². The number of halogens is 2. The van der Waals surface area contributed by atoms with E-state index in [9.17, 15) is 14.0 Å². The molecule has 0 aromatic rings. The second-order valence-corrected chi connectivity index (χ2v) is 1.99. The summed E-state index contributed by atoms with van der Waals surface area (Å²) in [5, 5.41) is 10.3. The molecule has 1 unspecified atom stereocenters. The number of methoxy groups -OCH3 is 1. The zero-order valence-electron chi connectivity index (χ0n) is 5.95. The van der Waals surface area contributed by atoms with E-state index in [0.29, 0.717) is 0 Å². The molecular formula is C5H5ClFNO4. The fourth-order valence-electron chi connectivity index (χ4n) is 0.391. The maximum atomic E-state index is 12.0. The molecule has 0 heterocycles. The molecule has 1 N–H and O–H groups in total. The van der Waals surface area contributed by atoms with E-state index < -0.39 is 23.1 Å². The molecule has 12 heavy (non-hydrogen) atoms. The van der Waals surface area contributed by atoms with Crippen LogP contribution >= 0.6 is 11.6 Å². The van der Waals surface area contributed by atoms with Gasteiger partial charge in [-0.3, -0.25) is 4.79 Å². The predicted molar refractivity (Wildman–Crippen MR) is 37.0 cm³/mol. The minimum absolute atomic E-state index is 0.947. The van der Waals surface area contributed by atoms with Crippen LogP contribution in [0.3, 0.4) is 0 Å². The highest BCUT2D eigenvalue weighted by Crippen LogP contribution is 2.01. The molecule has 0 fully saturated rings. The topological polar surface area (TPSA) is 76.0 Å². The Morgan fingerprint density at radius 1 is 1.67 bits per heavy atom. The number of rotatable bonds is 3. The lowest BCUT2D eigenvalue weighted by Crippen LogP contribution is -2.29. The molecule has 0 aliphatic rings. The maximum absolute atomic E-state index is 12.0. The monoisotopic (exact) mass is 197 g/mol. The molecule has 0 aromatic carbocycles. The van der Waals surface area contributed by atoms with Crippen LogP contribution in [-0.2, 0) is 14.3 Å². The summed E-state index contributed by atoms with van der Waals surface area (Å²) in [5.41, 5.74) is -3.49. The summed E-state index contributed by atoms with van der Waals surface area (Å²) in [7, 11) is 0.947. The largest absolute Gasteiger partial charge is 0.464 e. The van der Waals surface area contributed by atoms with Crippen molar-refractivity contribution in [3.8, 4) is 0 Å². The van der Waals surface area contributed by atoms with Crippen LogP contribution in [0.2, 0.25) is 0 Å². The Hall–Kier alpha value is -1.17. The molecule has 0 aliphatic carbocycles. The Morgan fingerprint density at radius 3 is 2.42 bits per heavy atom. The SMILES string of the molecule is COC(=O)/C(=N\O)C(=O)C(F)Cl. The van der Waals surface area contributed by atoms with E-state index in [0.717, 1.165) is 7.11 Å². The van der Waals surface area contributed by atoms with Crippen molar-refractivity contribution in [3.63, 3.8) is 0 Å². The highest BCUT2D eigenvalue weighted by Gasteiger charge is 2.28. The third-order valence-corrected chi connectivity index (χ3v) is 1.11. The summed E-state index contributed by atoms with van der Waals surface area (Å²) in [4.78, 5) is 21.1. The van der Waals surface area contributed by atoms with Crippen LogP contribution in [0, 0.1) is 0 Å². The van der Waals surface area contributed by atoms with E-state index >= 15 is 0 Å². The first-order valence-corrected chi connectivity index (χ1v) is 3.11. The highest BCUT2D eigenvalue weighted by molar-refractivity contribution is 6.68. The summed E-state index contributed by atoms with van der Waals surface area (Å²) in [6, 6.07) is 0. The van der Waals surface area contributed by atoms with Crippen LogP contribution in [0.4, 0.5) is 4.39 Å². The van der Waals surface area contributed by atoms with Crippen molar-refractivity contribution < 1.29 is 23.9 Å². The van der Waals surface area contributed by atoms with Crippen molar-refractivity contribution in [2.75, 3.05) is 7.11 Å². The van der Waals surface area contributed by atoms with E-state index in [4.69, 9.17) is 5.21 Å². The van der Waals surface area contributed by atoms with Crippen molar-refractivity contribution in [1.82, 2.24) is 0 Å². The average molecular weight is 198 g/mol. The predicted octanol–water partition coefficient (Wildman–Crippen LogP) is 0.0931. The number of carbonyl (C=O) groups excluding carboxylic acids is 2. The zero-order valence-corrected chi connectivity index (χ0v) is 6.71. The molecule has 0 radical (unpaired) electrons. The molecule has 5 nitrogen and oxygen atoms in total. The number of nitrogens with zero attached hydrogens (tertiary/aromatic N) is 1. The Bertz CT molecular complexity index is 227. The van der Waals surface area contributed by atoms with Gasteiger partial charge in [0.2, 0.25) is 17.1 Å². The van der Waals surface area contributed by atoms with Crippen molar-refractivity contribution in [2.24, 2.45) is 5.16 Å². The first-order chi connectivity index (χ1) is 5.54. The number of alkyl halides is 2. The van der Waals surface area contributed by atoms with Crippen LogP contribution in [-0.4, -0.2) is 35.4 Å². The van der Waals surface area contributed by atoms with Crippen molar-refractivity contribution in [1.29, 1.82) is 0 Å². The molecule has 68 valence electrons. The van der Waals surface area contributed by atoms with Crippen molar-refractivity contribution >= 4 is 29.1 Å². The van der Waals surface area contributed by atoms with E-state index in [1.165, 1.54) is 0 Å². The lowest BCUT2D eigenvalue weighted by atomic mass is 10.2. The van der Waals surface area contributed by atoms with Gasteiger partial charge >= 0.3 is 5.97 Å². The summed E-state index contributed by atoms with van der Waals surface area (Å²) < 4.78 is 16.0. The summed E-state index contributed by atoms with van der Waals surface area (Å²) in [6.07, 6.45) is 0. The van der Waals surface area contributed by atoms with Gasteiger partial charge in [-0.25, -0.2) is 9.18 Å². The van der Waals surface area contributed by atoms with Crippen LogP contribution in [0.15, 0.2) is 5.16 Å². The van der Waals surface area contributed by atoms with E-state index in [-0.39, 0.29) is 0 Å². The number of ether oxygens (including phenoxy) is 1. The molecule has 0 saturated heterocycles. The summed E-state index contributed by atoms with van der Waals surface area (Å²) in [5.74, 6) is -2.68. The van der Waals surface area contributed by atoms with Gasteiger partial charge in [0, 0.05) is 0 Å². The van der Waals surface area contributed by atoms with Gasteiger partial charge in [0.25, 0.3) is 0 Å². The van der Waals surface area contributed by atoms with Gasteiger partial charge in [-0.1, -0.05) is 16.8 Å². The molecule has 7 heteroatoms. The van der Waals surface area contributed by atoms with Crippen LogP contribution in [0.5, 0.6) is 0 Å². The van der Waals surface area contributed by atoms with Crippen LogP contribution < -0.4 is 0 Å². The number of oxime groups is 1. The first-order valence-electron chi connectivity index (χ1n) is 2.67. The molecule has 0 spiro atoms. The lowest BCUT2D eigenvalue weighted by Gasteiger charge is -1.99. The number of Topliss-reactive ketones (excluding diaryl/α,β-unsaturated/α-hetero) is 1. The number of carbonyl (C=O) groups is 2. The molecule has 0 saturated carbocycles. The second kappa shape index (κ2) is 4.66. The number of hydrogen-bond acceptors (Lipinski definition) is 5. The molecule has 0 amide bonds. The Labute approximate surface area is 71.7 Å². The van der Waals surface area contributed by atoms with Gasteiger partial charge in [-0.2, -0.15) is 0 Å². The third kappa shape index (κ3) is 2.46. The Balaban J connectivity index is 4.60. The fourth-order valence-corrected chi connectivity index (χ4v) is 0.494. The normalized spacial score (nSPS) is 13.8. The minimum Gasteiger partial charge on any atom is -0.464 e. The molecule has 0 bridgehead atoms. The molecule has 0 aromatic heterocycles. The van der Waals surface area contributed by atoms with Gasteiger partial charge in [-0.15, -0.1) is 0 Å². The highest BCUT2D eigenvalue weighted by atomic mass is 35.5. The van der Waals surface area contributed by atoms with E-state index in [1.807, 2.05) is 0 Å². The third-order valence-electron chi connectivity index (χ3n) is 0.910. The fraction of sp³-hybridized carbons (Fsp3) is 0.400. The number of ketones is 1. The second-order valence-electron chi connectivity index (χ2n) is 1.61. The molecule has 1 atom stereocenters. The molecular weight excluding hydrogens is 193 g/mol. The Morgan fingerprint density at radius 2 is 2.17 bits per heavy atom.